The van der Waals surface area contributed by atoms with E-state index in [1.807, 2.05) is 10.6 Å². The van der Waals surface area contributed by atoms with E-state index in [0.717, 1.165) is 53.1 Å². The van der Waals surface area contributed by atoms with Crippen LogP contribution in [0.1, 0.15) is 41.9 Å². The van der Waals surface area contributed by atoms with Gasteiger partial charge in [0.2, 0.25) is 5.89 Å². The van der Waals surface area contributed by atoms with Gasteiger partial charge in [-0.15, -0.1) is 10.2 Å². The van der Waals surface area contributed by atoms with Crippen LogP contribution in [-0.4, -0.2) is 37.7 Å². The first kappa shape index (κ1) is 22.8. The number of benzene rings is 2. The SMILES string of the molecule is Cc1ccc(-c2nc(CSc3nnc(CN4CCCCC4)n3-c3ccc(F)cc3)co2)c(C)c1. The van der Waals surface area contributed by atoms with E-state index in [-0.39, 0.29) is 5.82 Å². The zero-order chi connectivity index (χ0) is 23.5. The number of likely N-dealkylation sites (tertiary alicyclic amines) is 1. The van der Waals surface area contributed by atoms with Crippen molar-refractivity contribution >= 4 is 11.8 Å². The summed E-state index contributed by atoms with van der Waals surface area (Å²) in [7, 11) is 0. The summed E-state index contributed by atoms with van der Waals surface area (Å²) in [5.41, 5.74) is 5.05. The zero-order valence-electron chi connectivity index (χ0n) is 19.5. The molecule has 2 aromatic heterocycles. The van der Waals surface area contributed by atoms with Crippen LogP contribution < -0.4 is 0 Å². The van der Waals surface area contributed by atoms with Crippen LogP contribution >= 0.6 is 11.8 Å². The first-order valence-corrected chi connectivity index (χ1v) is 12.6. The third-order valence-corrected chi connectivity index (χ3v) is 7.07. The minimum Gasteiger partial charge on any atom is -0.444 e. The maximum absolute atomic E-state index is 13.6. The molecule has 8 heteroatoms. The van der Waals surface area contributed by atoms with Gasteiger partial charge in [0.1, 0.15) is 12.1 Å². The highest BCUT2D eigenvalue weighted by Crippen LogP contribution is 2.29. The molecule has 0 radical (unpaired) electrons. The molecule has 3 heterocycles. The Morgan fingerprint density at radius 3 is 2.56 bits per heavy atom. The van der Waals surface area contributed by atoms with Crippen molar-refractivity contribution in [1.29, 1.82) is 0 Å². The van der Waals surface area contributed by atoms with Crippen LogP contribution in [0.25, 0.3) is 17.1 Å². The lowest BCUT2D eigenvalue weighted by molar-refractivity contribution is 0.214. The molecule has 4 aromatic rings. The highest BCUT2D eigenvalue weighted by Gasteiger charge is 2.19. The fourth-order valence-electron chi connectivity index (χ4n) is 4.35. The maximum Gasteiger partial charge on any atom is 0.226 e. The highest BCUT2D eigenvalue weighted by molar-refractivity contribution is 7.98. The second-order valence-electron chi connectivity index (χ2n) is 8.80. The Bertz CT molecular complexity index is 1260. The zero-order valence-corrected chi connectivity index (χ0v) is 20.3. The largest absolute Gasteiger partial charge is 0.444 e. The lowest BCUT2D eigenvalue weighted by Gasteiger charge is -2.26. The van der Waals surface area contributed by atoms with Crippen LogP contribution in [0.2, 0.25) is 0 Å². The summed E-state index contributed by atoms with van der Waals surface area (Å²) in [5.74, 6) is 1.83. The highest BCUT2D eigenvalue weighted by atomic mass is 32.2. The maximum atomic E-state index is 13.6. The Morgan fingerprint density at radius 1 is 1.00 bits per heavy atom. The number of oxazole rings is 1. The van der Waals surface area contributed by atoms with Crippen molar-refractivity contribution in [2.24, 2.45) is 0 Å². The van der Waals surface area contributed by atoms with Gasteiger partial charge in [0.25, 0.3) is 0 Å². The van der Waals surface area contributed by atoms with Crippen LogP contribution in [0.15, 0.2) is 58.3 Å². The van der Waals surface area contributed by atoms with Crippen molar-refractivity contribution in [3.8, 4) is 17.1 Å². The summed E-state index contributed by atoms with van der Waals surface area (Å²) < 4.78 is 21.4. The number of hydrogen-bond acceptors (Lipinski definition) is 6. The predicted octanol–water partition coefficient (Wildman–Crippen LogP) is 5.96. The van der Waals surface area contributed by atoms with Gasteiger partial charge in [-0.2, -0.15) is 0 Å². The molecule has 176 valence electrons. The average Bonchev–Trinajstić information content (AvgIpc) is 3.46. The van der Waals surface area contributed by atoms with E-state index >= 15 is 0 Å². The minimum absolute atomic E-state index is 0.259. The molecule has 0 spiro atoms. The minimum atomic E-state index is -0.259. The smallest absolute Gasteiger partial charge is 0.226 e. The van der Waals surface area contributed by atoms with Gasteiger partial charge in [-0.05, 0) is 75.7 Å². The van der Waals surface area contributed by atoms with E-state index < -0.39 is 0 Å². The van der Waals surface area contributed by atoms with Crippen LogP contribution in [0, 0.1) is 19.7 Å². The third kappa shape index (κ3) is 5.08. The van der Waals surface area contributed by atoms with Gasteiger partial charge in [0, 0.05) is 17.0 Å². The van der Waals surface area contributed by atoms with E-state index in [2.05, 4.69) is 41.1 Å². The molecule has 1 aliphatic heterocycles. The monoisotopic (exact) mass is 477 g/mol. The predicted molar refractivity (Wildman–Crippen MR) is 131 cm³/mol. The van der Waals surface area contributed by atoms with E-state index in [4.69, 9.17) is 9.40 Å². The molecule has 1 aliphatic rings. The molecule has 34 heavy (non-hydrogen) atoms. The molecule has 0 atom stereocenters. The summed E-state index contributed by atoms with van der Waals surface area (Å²) in [5, 5.41) is 9.75. The van der Waals surface area contributed by atoms with Gasteiger partial charge in [0.05, 0.1) is 12.2 Å². The van der Waals surface area contributed by atoms with Crippen molar-refractivity contribution < 1.29 is 8.81 Å². The van der Waals surface area contributed by atoms with Crippen molar-refractivity contribution in [3.05, 3.63) is 77.2 Å². The van der Waals surface area contributed by atoms with Crippen molar-refractivity contribution in [3.63, 3.8) is 0 Å². The van der Waals surface area contributed by atoms with Crippen LogP contribution in [0.4, 0.5) is 4.39 Å². The molecule has 1 saturated heterocycles. The average molecular weight is 478 g/mol. The molecule has 6 nitrogen and oxygen atoms in total. The lowest BCUT2D eigenvalue weighted by Crippen LogP contribution is -2.30. The fraction of sp³-hybridized carbons (Fsp3) is 0.346. The Kier molecular flexibility index (Phi) is 6.78. The molecule has 0 aliphatic carbocycles. The van der Waals surface area contributed by atoms with Gasteiger partial charge < -0.3 is 4.42 Å². The van der Waals surface area contributed by atoms with E-state index in [1.54, 1.807) is 30.2 Å². The fourth-order valence-corrected chi connectivity index (χ4v) is 5.20. The first-order chi connectivity index (χ1) is 16.6. The van der Waals surface area contributed by atoms with Gasteiger partial charge in [0.15, 0.2) is 11.0 Å². The number of halogens is 1. The third-order valence-electron chi connectivity index (χ3n) is 6.11. The molecular weight excluding hydrogens is 449 g/mol. The summed E-state index contributed by atoms with van der Waals surface area (Å²) in [6.45, 7) is 7.00. The number of rotatable bonds is 7. The standard InChI is InChI=1S/C26H28FN5OS/c1-18-6-11-23(19(2)14-18)25-28-21(16-33-25)17-34-26-30-29-24(15-31-12-4-3-5-13-31)32(26)22-9-7-20(27)8-10-22/h6-11,14,16H,3-5,12-13,15,17H2,1-2H3. The Hall–Kier alpha value is -2.97. The first-order valence-electron chi connectivity index (χ1n) is 11.6. The van der Waals surface area contributed by atoms with E-state index in [0.29, 0.717) is 11.6 Å². The van der Waals surface area contributed by atoms with Crippen molar-refractivity contribution in [2.75, 3.05) is 13.1 Å². The molecule has 1 fully saturated rings. The van der Waals surface area contributed by atoms with Gasteiger partial charge >= 0.3 is 0 Å². The Balaban J connectivity index is 1.37. The Morgan fingerprint density at radius 2 is 1.79 bits per heavy atom. The normalized spacial score (nSPS) is 14.6. The molecule has 0 unspecified atom stereocenters. The second-order valence-corrected chi connectivity index (χ2v) is 9.74. The number of hydrogen-bond donors (Lipinski definition) is 0. The van der Waals surface area contributed by atoms with Gasteiger partial charge in [-0.1, -0.05) is 35.9 Å². The molecule has 0 N–H and O–H groups in total. The molecule has 0 saturated carbocycles. The second kappa shape index (κ2) is 10.1. The van der Waals surface area contributed by atoms with Gasteiger partial charge in [-0.25, -0.2) is 9.37 Å². The Labute approximate surface area is 203 Å². The lowest BCUT2D eigenvalue weighted by atomic mass is 10.1. The number of thioether (sulfide) groups is 1. The molecule has 5 rings (SSSR count). The quantitative estimate of drug-likeness (QED) is 0.306. The number of nitrogens with zero attached hydrogens (tertiary/aromatic N) is 5. The van der Waals surface area contributed by atoms with Crippen LogP contribution in [0.3, 0.4) is 0 Å². The molecule has 0 bridgehead atoms. The topological polar surface area (TPSA) is 60.0 Å². The van der Waals surface area contributed by atoms with Gasteiger partial charge in [-0.3, -0.25) is 9.47 Å². The van der Waals surface area contributed by atoms with Crippen molar-refractivity contribution in [1.82, 2.24) is 24.6 Å². The van der Waals surface area contributed by atoms with Crippen molar-refractivity contribution in [2.45, 2.75) is 50.6 Å². The number of aromatic nitrogens is 4. The number of piperidine rings is 1. The summed E-state index contributed by atoms with van der Waals surface area (Å²) >= 11 is 1.55. The van der Waals surface area contributed by atoms with E-state index in [9.17, 15) is 4.39 Å². The summed E-state index contributed by atoms with van der Waals surface area (Å²) in [4.78, 5) is 7.11. The number of aryl methyl sites for hydroxylation is 2. The molecule has 0 amide bonds. The summed E-state index contributed by atoms with van der Waals surface area (Å²) in [6, 6.07) is 12.7. The van der Waals surface area contributed by atoms with E-state index in [1.165, 1.54) is 37.0 Å². The molecular formula is C26H28FN5OS. The van der Waals surface area contributed by atoms with Crippen LogP contribution in [0.5, 0.6) is 0 Å². The molecule has 2 aromatic carbocycles. The van der Waals surface area contributed by atoms with Crippen LogP contribution in [-0.2, 0) is 12.3 Å². The summed E-state index contributed by atoms with van der Waals surface area (Å²) in [6.07, 6.45) is 5.40.